The molecule has 1 atom stereocenters. The summed E-state index contributed by atoms with van der Waals surface area (Å²) >= 11 is 0. The molecule has 2 fully saturated rings. The summed E-state index contributed by atoms with van der Waals surface area (Å²) in [7, 11) is 2.14. The van der Waals surface area contributed by atoms with E-state index < -0.39 is 6.04 Å². The molecular weight excluding hydrogens is 314 g/mol. The lowest BCUT2D eigenvalue weighted by Crippen LogP contribution is -2.42. The SMILES string of the molecule is CN1CCC(Oc2ccc(NC(=O)[C@@H](N)C3CCCCC3)cc2)CC1. The van der Waals surface area contributed by atoms with E-state index in [0.29, 0.717) is 5.92 Å². The first kappa shape index (κ1) is 18.2. The largest absolute Gasteiger partial charge is 0.490 e. The fourth-order valence-electron chi connectivity index (χ4n) is 3.84. The highest BCUT2D eigenvalue weighted by Gasteiger charge is 2.26. The molecule has 1 aromatic rings. The van der Waals surface area contributed by atoms with Crippen molar-refractivity contribution in [3.8, 4) is 5.75 Å². The minimum Gasteiger partial charge on any atom is -0.490 e. The van der Waals surface area contributed by atoms with Crippen LogP contribution in [0.4, 0.5) is 5.69 Å². The van der Waals surface area contributed by atoms with E-state index in [-0.39, 0.29) is 12.0 Å². The van der Waals surface area contributed by atoms with Crippen LogP contribution in [0.25, 0.3) is 0 Å². The molecular formula is C20H31N3O2. The lowest BCUT2D eigenvalue weighted by Gasteiger charge is -2.29. The van der Waals surface area contributed by atoms with Crippen LogP contribution in [0.5, 0.6) is 5.75 Å². The molecule has 1 saturated carbocycles. The van der Waals surface area contributed by atoms with Gasteiger partial charge in [-0.1, -0.05) is 19.3 Å². The monoisotopic (exact) mass is 345 g/mol. The highest BCUT2D eigenvalue weighted by atomic mass is 16.5. The maximum absolute atomic E-state index is 12.4. The third kappa shape index (κ3) is 5.19. The number of hydrogen-bond acceptors (Lipinski definition) is 4. The number of anilines is 1. The van der Waals surface area contributed by atoms with E-state index in [4.69, 9.17) is 10.5 Å². The van der Waals surface area contributed by atoms with Crippen molar-refractivity contribution in [3.63, 3.8) is 0 Å². The molecule has 1 aliphatic heterocycles. The van der Waals surface area contributed by atoms with Gasteiger partial charge in [-0.05, 0) is 62.9 Å². The Kier molecular flexibility index (Phi) is 6.32. The second kappa shape index (κ2) is 8.68. The average molecular weight is 345 g/mol. The minimum absolute atomic E-state index is 0.0733. The van der Waals surface area contributed by atoms with Crippen molar-refractivity contribution < 1.29 is 9.53 Å². The van der Waals surface area contributed by atoms with Gasteiger partial charge in [0.1, 0.15) is 11.9 Å². The van der Waals surface area contributed by atoms with E-state index in [2.05, 4.69) is 17.3 Å². The van der Waals surface area contributed by atoms with Crippen molar-refractivity contribution in [1.29, 1.82) is 0 Å². The molecule has 0 spiro atoms. The summed E-state index contributed by atoms with van der Waals surface area (Å²) in [5.74, 6) is 1.11. The standard InChI is InChI=1S/C20H31N3O2/c1-23-13-11-18(12-14-23)25-17-9-7-16(8-10-17)22-20(24)19(21)15-5-3-2-4-6-15/h7-10,15,18-19H,2-6,11-14,21H2,1H3,(H,22,24)/t19-/m0/s1. The summed E-state index contributed by atoms with van der Waals surface area (Å²) in [4.78, 5) is 14.7. The van der Waals surface area contributed by atoms with Crippen molar-refractivity contribution in [1.82, 2.24) is 4.90 Å². The van der Waals surface area contributed by atoms with Crippen LogP contribution >= 0.6 is 0 Å². The van der Waals surface area contributed by atoms with Gasteiger partial charge >= 0.3 is 0 Å². The fourth-order valence-corrected chi connectivity index (χ4v) is 3.84. The molecule has 1 heterocycles. The third-order valence-electron chi connectivity index (χ3n) is 5.55. The van der Waals surface area contributed by atoms with Gasteiger partial charge in [0.15, 0.2) is 0 Å². The van der Waals surface area contributed by atoms with Gasteiger partial charge in [0.2, 0.25) is 5.91 Å². The van der Waals surface area contributed by atoms with Crippen LogP contribution in [0, 0.1) is 5.92 Å². The van der Waals surface area contributed by atoms with Crippen LogP contribution in [-0.4, -0.2) is 43.1 Å². The summed E-state index contributed by atoms with van der Waals surface area (Å²) < 4.78 is 6.04. The third-order valence-corrected chi connectivity index (χ3v) is 5.55. The number of nitrogens with zero attached hydrogens (tertiary/aromatic N) is 1. The van der Waals surface area contributed by atoms with E-state index in [9.17, 15) is 4.79 Å². The predicted molar refractivity (Wildman–Crippen MR) is 101 cm³/mol. The van der Waals surface area contributed by atoms with Gasteiger partial charge in [-0.2, -0.15) is 0 Å². The lowest BCUT2D eigenvalue weighted by molar-refractivity contribution is -0.118. The number of hydrogen-bond donors (Lipinski definition) is 2. The topological polar surface area (TPSA) is 67.6 Å². The van der Waals surface area contributed by atoms with E-state index in [1.54, 1.807) is 0 Å². The summed E-state index contributed by atoms with van der Waals surface area (Å²) in [5.41, 5.74) is 6.95. The average Bonchev–Trinajstić information content (AvgIpc) is 2.65. The van der Waals surface area contributed by atoms with Crippen LogP contribution in [0.2, 0.25) is 0 Å². The van der Waals surface area contributed by atoms with E-state index in [1.807, 2.05) is 24.3 Å². The van der Waals surface area contributed by atoms with Crippen molar-refractivity contribution in [2.75, 3.05) is 25.5 Å². The van der Waals surface area contributed by atoms with Crippen LogP contribution in [-0.2, 0) is 4.79 Å². The van der Waals surface area contributed by atoms with Crippen LogP contribution in [0.1, 0.15) is 44.9 Å². The molecule has 5 heteroatoms. The first-order valence-electron chi connectivity index (χ1n) is 9.63. The van der Waals surface area contributed by atoms with E-state index in [1.165, 1.54) is 19.3 Å². The number of rotatable bonds is 5. The molecule has 25 heavy (non-hydrogen) atoms. The second-order valence-corrected chi connectivity index (χ2v) is 7.56. The van der Waals surface area contributed by atoms with Gasteiger partial charge in [0.05, 0.1) is 6.04 Å². The highest BCUT2D eigenvalue weighted by molar-refractivity contribution is 5.94. The number of piperidine rings is 1. The molecule has 3 N–H and O–H groups in total. The molecule has 138 valence electrons. The summed E-state index contributed by atoms with van der Waals surface area (Å²) in [5, 5.41) is 2.95. The van der Waals surface area contributed by atoms with Crippen molar-refractivity contribution in [2.24, 2.45) is 11.7 Å². The van der Waals surface area contributed by atoms with Gasteiger partial charge in [-0.15, -0.1) is 0 Å². The first-order chi connectivity index (χ1) is 12.1. The predicted octanol–water partition coefficient (Wildman–Crippen LogP) is 3.01. The number of carbonyl (C=O) groups is 1. The minimum atomic E-state index is -0.407. The zero-order valence-electron chi connectivity index (χ0n) is 15.2. The fraction of sp³-hybridized carbons (Fsp3) is 0.650. The molecule has 1 saturated heterocycles. The Hall–Kier alpha value is -1.59. The first-order valence-corrected chi connectivity index (χ1v) is 9.63. The zero-order valence-corrected chi connectivity index (χ0v) is 15.2. The maximum Gasteiger partial charge on any atom is 0.241 e. The Bertz CT molecular complexity index is 547. The van der Waals surface area contributed by atoms with Gasteiger partial charge in [-0.25, -0.2) is 0 Å². The molecule has 0 unspecified atom stereocenters. The number of carbonyl (C=O) groups excluding carboxylic acids is 1. The Labute approximate surface area is 150 Å². The normalized spacial score (nSPS) is 21.7. The Morgan fingerprint density at radius 1 is 1.12 bits per heavy atom. The Balaban J connectivity index is 1.49. The number of nitrogens with one attached hydrogen (secondary N) is 1. The molecule has 1 aromatic carbocycles. The zero-order chi connectivity index (χ0) is 17.6. The quantitative estimate of drug-likeness (QED) is 0.861. The number of likely N-dealkylation sites (tertiary alicyclic amines) is 1. The van der Waals surface area contributed by atoms with Crippen molar-refractivity contribution >= 4 is 11.6 Å². The van der Waals surface area contributed by atoms with Crippen LogP contribution in [0.3, 0.4) is 0 Å². The van der Waals surface area contributed by atoms with Crippen LogP contribution < -0.4 is 15.8 Å². The number of amides is 1. The van der Waals surface area contributed by atoms with E-state index >= 15 is 0 Å². The van der Waals surface area contributed by atoms with Crippen LogP contribution in [0.15, 0.2) is 24.3 Å². The Morgan fingerprint density at radius 3 is 2.40 bits per heavy atom. The Morgan fingerprint density at radius 2 is 1.76 bits per heavy atom. The second-order valence-electron chi connectivity index (χ2n) is 7.56. The van der Waals surface area contributed by atoms with Gasteiger partial charge in [0.25, 0.3) is 0 Å². The van der Waals surface area contributed by atoms with Gasteiger partial charge < -0.3 is 20.7 Å². The number of ether oxygens (including phenoxy) is 1. The molecule has 0 radical (unpaired) electrons. The summed E-state index contributed by atoms with van der Waals surface area (Å²) in [6.45, 7) is 2.16. The lowest BCUT2D eigenvalue weighted by atomic mass is 9.84. The maximum atomic E-state index is 12.4. The van der Waals surface area contributed by atoms with Crippen molar-refractivity contribution in [2.45, 2.75) is 57.1 Å². The highest BCUT2D eigenvalue weighted by Crippen LogP contribution is 2.26. The number of benzene rings is 1. The molecule has 5 nitrogen and oxygen atoms in total. The number of nitrogens with two attached hydrogens (primary N) is 1. The van der Waals surface area contributed by atoms with Crippen molar-refractivity contribution in [3.05, 3.63) is 24.3 Å². The molecule has 0 aromatic heterocycles. The molecule has 2 aliphatic rings. The molecule has 0 bridgehead atoms. The molecule has 1 amide bonds. The molecule has 3 rings (SSSR count). The summed E-state index contributed by atoms with van der Waals surface area (Å²) in [6, 6.07) is 7.25. The van der Waals surface area contributed by atoms with Gasteiger partial charge in [0, 0.05) is 18.8 Å². The van der Waals surface area contributed by atoms with E-state index in [0.717, 1.165) is 50.2 Å². The summed E-state index contributed by atoms with van der Waals surface area (Å²) in [6.07, 6.45) is 8.19. The van der Waals surface area contributed by atoms with Gasteiger partial charge in [-0.3, -0.25) is 4.79 Å². The smallest absolute Gasteiger partial charge is 0.241 e. The molecule has 1 aliphatic carbocycles.